The van der Waals surface area contributed by atoms with Crippen LogP contribution in [0.1, 0.15) is 17.5 Å². The van der Waals surface area contributed by atoms with Gasteiger partial charge in [-0.1, -0.05) is 17.7 Å². The van der Waals surface area contributed by atoms with Gasteiger partial charge in [-0.15, -0.1) is 0 Å². The molecule has 1 aromatic carbocycles. The smallest absolute Gasteiger partial charge is 0.321 e. The standard InChI is InChI=1S/C17H26ClN3O2/c1-13-11-14(2)16(15(18)12-13)19-17(22)21-8-6-20(7-9-21)5-4-10-23-3/h11-12H,4-10H2,1-3H3,(H,19,22). The number of ether oxygens (including phenoxy) is 1. The lowest BCUT2D eigenvalue weighted by Crippen LogP contribution is -2.50. The minimum absolute atomic E-state index is 0.0737. The second-order valence-corrected chi connectivity index (χ2v) is 6.45. The van der Waals surface area contributed by atoms with E-state index in [1.165, 1.54) is 0 Å². The summed E-state index contributed by atoms with van der Waals surface area (Å²) in [6.45, 7) is 9.03. The molecule has 0 aromatic heterocycles. The van der Waals surface area contributed by atoms with Crippen LogP contribution in [0.25, 0.3) is 0 Å². The number of benzene rings is 1. The Morgan fingerprint density at radius 3 is 2.57 bits per heavy atom. The highest BCUT2D eigenvalue weighted by molar-refractivity contribution is 6.34. The summed E-state index contributed by atoms with van der Waals surface area (Å²) in [6, 6.07) is 3.82. The molecular formula is C17H26ClN3O2. The number of amides is 2. The average Bonchev–Trinajstić information content (AvgIpc) is 2.51. The number of methoxy groups -OCH3 is 1. The molecule has 1 saturated heterocycles. The zero-order valence-corrected chi connectivity index (χ0v) is 14.9. The predicted octanol–water partition coefficient (Wildman–Crippen LogP) is 3.14. The maximum atomic E-state index is 12.4. The van der Waals surface area contributed by atoms with Crippen LogP contribution in [0.3, 0.4) is 0 Å². The van der Waals surface area contributed by atoms with E-state index < -0.39 is 0 Å². The molecule has 2 amide bonds. The molecule has 1 aliphatic rings. The van der Waals surface area contributed by atoms with Crippen LogP contribution in [0.2, 0.25) is 5.02 Å². The molecule has 0 spiro atoms. The molecule has 1 aromatic rings. The van der Waals surface area contributed by atoms with Crippen molar-refractivity contribution in [3.8, 4) is 0 Å². The molecule has 0 aliphatic carbocycles. The molecule has 0 unspecified atom stereocenters. The lowest BCUT2D eigenvalue weighted by atomic mass is 10.1. The van der Waals surface area contributed by atoms with E-state index in [4.69, 9.17) is 16.3 Å². The van der Waals surface area contributed by atoms with Crippen molar-refractivity contribution < 1.29 is 9.53 Å². The van der Waals surface area contributed by atoms with Crippen LogP contribution in [0.4, 0.5) is 10.5 Å². The number of rotatable bonds is 5. The summed E-state index contributed by atoms with van der Waals surface area (Å²) in [4.78, 5) is 16.7. The fraction of sp³-hybridized carbons (Fsp3) is 0.588. The molecular weight excluding hydrogens is 314 g/mol. The van der Waals surface area contributed by atoms with Crippen molar-refractivity contribution in [2.45, 2.75) is 20.3 Å². The first-order valence-corrected chi connectivity index (χ1v) is 8.43. The highest BCUT2D eigenvalue weighted by Gasteiger charge is 2.21. The van der Waals surface area contributed by atoms with E-state index in [9.17, 15) is 4.79 Å². The Bertz CT molecular complexity index is 520. The highest BCUT2D eigenvalue weighted by atomic mass is 35.5. The Balaban J connectivity index is 1.86. The molecule has 0 saturated carbocycles. The molecule has 0 bridgehead atoms. The van der Waals surface area contributed by atoms with Crippen molar-refractivity contribution in [1.82, 2.24) is 9.80 Å². The van der Waals surface area contributed by atoms with Crippen molar-refractivity contribution >= 4 is 23.3 Å². The number of anilines is 1. The predicted molar refractivity (Wildman–Crippen MR) is 94.5 cm³/mol. The molecule has 1 aliphatic heterocycles. The van der Waals surface area contributed by atoms with E-state index in [-0.39, 0.29) is 6.03 Å². The Morgan fingerprint density at radius 1 is 1.26 bits per heavy atom. The Labute approximate surface area is 143 Å². The van der Waals surface area contributed by atoms with Crippen LogP contribution < -0.4 is 5.32 Å². The van der Waals surface area contributed by atoms with Crippen molar-refractivity contribution in [2.24, 2.45) is 0 Å². The number of carbonyl (C=O) groups excluding carboxylic acids is 1. The zero-order valence-electron chi connectivity index (χ0n) is 14.2. The van der Waals surface area contributed by atoms with Crippen molar-refractivity contribution in [1.29, 1.82) is 0 Å². The number of aryl methyl sites for hydroxylation is 2. The number of hydrogen-bond acceptors (Lipinski definition) is 3. The van der Waals surface area contributed by atoms with Gasteiger partial charge < -0.3 is 15.0 Å². The third-order valence-corrected chi connectivity index (χ3v) is 4.44. The largest absolute Gasteiger partial charge is 0.385 e. The fourth-order valence-electron chi connectivity index (χ4n) is 2.87. The Morgan fingerprint density at radius 2 is 1.96 bits per heavy atom. The summed E-state index contributed by atoms with van der Waals surface area (Å²) in [7, 11) is 1.72. The molecule has 5 nitrogen and oxygen atoms in total. The topological polar surface area (TPSA) is 44.8 Å². The van der Waals surface area contributed by atoms with Gasteiger partial charge in [-0.2, -0.15) is 0 Å². The van der Waals surface area contributed by atoms with Gasteiger partial charge in [-0.25, -0.2) is 4.79 Å². The Hall–Kier alpha value is -1.30. The maximum Gasteiger partial charge on any atom is 0.321 e. The summed E-state index contributed by atoms with van der Waals surface area (Å²) in [5.74, 6) is 0. The highest BCUT2D eigenvalue weighted by Crippen LogP contribution is 2.27. The third-order valence-electron chi connectivity index (χ3n) is 4.15. The third kappa shape index (κ3) is 5.09. The first-order chi connectivity index (χ1) is 11.0. The molecule has 1 fully saturated rings. The summed E-state index contributed by atoms with van der Waals surface area (Å²) in [5.41, 5.74) is 2.79. The molecule has 0 atom stereocenters. The van der Waals surface area contributed by atoms with Crippen LogP contribution >= 0.6 is 11.6 Å². The van der Waals surface area contributed by atoms with Gasteiger partial charge in [0, 0.05) is 46.4 Å². The van der Waals surface area contributed by atoms with Gasteiger partial charge in [-0.3, -0.25) is 4.90 Å². The number of nitrogens with one attached hydrogen (secondary N) is 1. The quantitative estimate of drug-likeness (QED) is 0.838. The molecule has 2 rings (SSSR count). The minimum atomic E-state index is -0.0737. The zero-order chi connectivity index (χ0) is 16.8. The van der Waals surface area contributed by atoms with E-state index in [2.05, 4.69) is 10.2 Å². The maximum absolute atomic E-state index is 12.4. The average molecular weight is 340 g/mol. The van der Waals surface area contributed by atoms with Crippen LogP contribution in [0.15, 0.2) is 12.1 Å². The molecule has 23 heavy (non-hydrogen) atoms. The van der Waals surface area contributed by atoms with E-state index in [1.807, 2.05) is 30.9 Å². The van der Waals surface area contributed by atoms with Gasteiger partial charge in [0.1, 0.15) is 0 Å². The molecule has 1 N–H and O–H groups in total. The van der Waals surface area contributed by atoms with E-state index in [0.717, 1.165) is 56.9 Å². The summed E-state index contributed by atoms with van der Waals surface area (Å²) in [6.07, 6.45) is 1.03. The van der Waals surface area contributed by atoms with Gasteiger partial charge in [0.15, 0.2) is 0 Å². The van der Waals surface area contributed by atoms with Gasteiger partial charge in [0.05, 0.1) is 10.7 Å². The van der Waals surface area contributed by atoms with Crippen LogP contribution in [0, 0.1) is 13.8 Å². The number of halogens is 1. The molecule has 128 valence electrons. The number of carbonyl (C=O) groups is 1. The Kier molecular flexibility index (Phi) is 6.69. The normalized spacial score (nSPS) is 15.7. The van der Waals surface area contributed by atoms with E-state index in [0.29, 0.717) is 10.7 Å². The second kappa shape index (κ2) is 8.52. The van der Waals surface area contributed by atoms with Crippen LogP contribution in [-0.4, -0.2) is 62.3 Å². The first kappa shape index (κ1) is 18.0. The fourth-order valence-corrected chi connectivity index (χ4v) is 3.24. The summed E-state index contributed by atoms with van der Waals surface area (Å²) >= 11 is 6.26. The van der Waals surface area contributed by atoms with Gasteiger partial charge >= 0.3 is 6.03 Å². The van der Waals surface area contributed by atoms with Crippen LogP contribution in [0.5, 0.6) is 0 Å². The lowest BCUT2D eigenvalue weighted by Gasteiger charge is -2.34. The summed E-state index contributed by atoms with van der Waals surface area (Å²) in [5, 5.41) is 3.55. The van der Waals surface area contributed by atoms with Crippen molar-refractivity contribution in [3.05, 3.63) is 28.3 Å². The van der Waals surface area contributed by atoms with Crippen LogP contribution in [-0.2, 0) is 4.74 Å². The molecule has 1 heterocycles. The monoisotopic (exact) mass is 339 g/mol. The molecule has 0 radical (unpaired) electrons. The lowest BCUT2D eigenvalue weighted by molar-refractivity contribution is 0.130. The first-order valence-electron chi connectivity index (χ1n) is 8.05. The number of hydrogen-bond donors (Lipinski definition) is 1. The van der Waals surface area contributed by atoms with Gasteiger partial charge in [-0.05, 0) is 37.5 Å². The van der Waals surface area contributed by atoms with Crippen molar-refractivity contribution in [3.63, 3.8) is 0 Å². The van der Waals surface area contributed by atoms with Gasteiger partial charge in [0.2, 0.25) is 0 Å². The van der Waals surface area contributed by atoms with Gasteiger partial charge in [0.25, 0.3) is 0 Å². The van der Waals surface area contributed by atoms with E-state index >= 15 is 0 Å². The number of nitrogens with zero attached hydrogens (tertiary/aromatic N) is 2. The number of urea groups is 1. The minimum Gasteiger partial charge on any atom is -0.385 e. The number of piperazine rings is 1. The van der Waals surface area contributed by atoms with E-state index in [1.54, 1.807) is 7.11 Å². The van der Waals surface area contributed by atoms with Crippen molar-refractivity contribution in [2.75, 3.05) is 51.8 Å². The molecule has 6 heteroatoms. The SMILES string of the molecule is COCCCN1CCN(C(=O)Nc2c(C)cc(C)cc2Cl)CC1. The second-order valence-electron chi connectivity index (χ2n) is 6.04. The summed E-state index contributed by atoms with van der Waals surface area (Å²) < 4.78 is 5.08.